The molecule has 0 spiro atoms. The number of nitrogens with one attached hydrogen (secondary N) is 1. The van der Waals surface area contributed by atoms with Crippen molar-refractivity contribution in [2.24, 2.45) is 0 Å². The van der Waals surface area contributed by atoms with Crippen molar-refractivity contribution < 1.29 is 14.3 Å². The van der Waals surface area contributed by atoms with Gasteiger partial charge in [0.05, 0.1) is 18.7 Å². The van der Waals surface area contributed by atoms with E-state index in [9.17, 15) is 4.79 Å². The lowest BCUT2D eigenvalue weighted by atomic mass is 10.1. The number of carbonyl (C=O) groups excluding carboxylic acids is 1. The molecular weight excluding hydrogens is 298 g/mol. The third kappa shape index (κ3) is 3.43. The van der Waals surface area contributed by atoms with Gasteiger partial charge in [0.1, 0.15) is 12.4 Å². The van der Waals surface area contributed by atoms with Crippen LogP contribution >= 0.6 is 13.5 Å². The third-order valence-corrected chi connectivity index (χ3v) is 3.63. The third-order valence-electron chi connectivity index (χ3n) is 3.63. The van der Waals surface area contributed by atoms with E-state index >= 15 is 0 Å². The molecule has 0 amide bonds. The summed E-state index contributed by atoms with van der Waals surface area (Å²) in [6.45, 7) is 1.23. The van der Waals surface area contributed by atoms with Gasteiger partial charge in [-0.05, 0) is 17.7 Å². The number of ether oxygens (including phenoxy) is 2. The number of esters is 1. The first-order valence-electron chi connectivity index (χ1n) is 6.90. The van der Waals surface area contributed by atoms with Crippen molar-refractivity contribution in [1.29, 1.82) is 0 Å². The molecule has 1 aliphatic heterocycles. The van der Waals surface area contributed by atoms with Crippen molar-refractivity contribution in [3.8, 4) is 5.75 Å². The molecule has 0 saturated heterocycles. The molecule has 0 aliphatic carbocycles. The summed E-state index contributed by atoms with van der Waals surface area (Å²) in [5, 5.41) is 3.48. The molecule has 1 aliphatic rings. The second-order valence-corrected chi connectivity index (χ2v) is 4.97. The van der Waals surface area contributed by atoms with Gasteiger partial charge in [-0.3, -0.25) is 0 Å². The van der Waals surface area contributed by atoms with Crippen LogP contribution in [0.1, 0.15) is 27.5 Å². The second kappa shape index (κ2) is 7.33. The molecule has 22 heavy (non-hydrogen) atoms. The zero-order valence-electron chi connectivity index (χ0n) is 12.3. The fraction of sp³-hybridized carbons (Fsp3) is 0.235. The average molecular weight is 317 g/mol. The van der Waals surface area contributed by atoms with E-state index in [4.69, 9.17) is 9.47 Å². The van der Waals surface area contributed by atoms with Gasteiger partial charge in [-0.15, -0.1) is 0 Å². The molecule has 2 aromatic carbocycles. The average Bonchev–Trinajstić information content (AvgIpc) is 2.77. The molecule has 3 rings (SSSR count). The van der Waals surface area contributed by atoms with Crippen LogP contribution in [0.25, 0.3) is 0 Å². The number of hydrogen-bond acceptors (Lipinski definition) is 4. The lowest BCUT2D eigenvalue weighted by Crippen LogP contribution is -2.23. The molecule has 4 nitrogen and oxygen atoms in total. The van der Waals surface area contributed by atoms with Gasteiger partial charge in [0.25, 0.3) is 0 Å². The minimum atomic E-state index is -0.349. The number of benzene rings is 2. The van der Waals surface area contributed by atoms with E-state index in [1.807, 2.05) is 24.3 Å². The normalized spacial score (nSPS) is 16.5. The highest BCUT2D eigenvalue weighted by atomic mass is 32.1. The Labute approximate surface area is 136 Å². The van der Waals surface area contributed by atoms with Crippen LogP contribution in [-0.4, -0.2) is 19.7 Å². The Kier molecular flexibility index (Phi) is 5.46. The molecule has 0 unspecified atom stereocenters. The van der Waals surface area contributed by atoms with Crippen molar-refractivity contribution >= 4 is 19.5 Å². The van der Waals surface area contributed by atoms with Crippen LogP contribution in [0.4, 0.5) is 0 Å². The summed E-state index contributed by atoms with van der Waals surface area (Å²) in [4.78, 5) is 11.6. The van der Waals surface area contributed by atoms with Crippen LogP contribution in [0.15, 0.2) is 48.5 Å². The molecule has 2 aromatic rings. The van der Waals surface area contributed by atoms with Crippen LogP contribution in [0, 0.1) is 0 Å². The molecule has 5 heteroatoms. The summed E-state index contributed by atoms with van der Waals surface area (Å²) in [7, 11) is 1.38. The molecular formula is C17H19NO3S. The predicted molar refractivity (Wildman–Crippen MR) is 89.7 cm³/mol. The van der Waals surface area contributed by atoms with E-state index in [1.54, 1.807) is 12.1 Å². The van der Waals surface area contributed by atoms with Gasteiger partial charge in [0.15, 0.2) is 0 Å². The van der Waals surface area contributed by atoms with Gasteiger partial charge >= 0.3 is 5.97 Å². The van der Waals surface area contributed by atoms with Crippen LogP contribution < -0.4 is 10.1 Å². The fourth-order valence-electron chi connectivity index (χ4n) is 2.44. The highest BCUT2D eigenvalue weighted by Crippen LogP contribution is 2.26. The minimum Gasteiger partial charge on any atom is -0.491 e. The number of carbonyl (C=O) groups is 1. The topological polar surface area (TPSA) is 47.6 Å². The van der Waals surface area contributed by atoms with E-state index < -0.39 is 0 Å². The van der Waals surface area contributed by atoms with Crippen molar-refractivity contribution in [2.45, 2.75) is 12.6 Å². The highest BCUT2D eigenvalue weighted by Gasteiger charge is 2.19. The zero-order chi connectivity index (χ0) is 14.7. The highest BCUT2D eigenvalue weighted by molar-refractivity contribution is 7.59. The molecule has 0 fully saturated rings. The van der Waals surface area contributed by atoms with E-state index in [1.165, 1.54) is 12.7 Å². The fourth-order valence-corrected chi connectivity index (χ4v) is 2.44. The van der Waals surface area contributed by atoms with Crippen molar-refractivity contribution in [2.75, 3.05) is 13.7 Å². The molecule has 0 aromatic heterocycles. The molecule has 0 bridgehead atoms. The molecule has 1 atom stereocenters. The van der Waals surface area contributed by atoms with Crippen molar-refractivity contribution in [3.05, 3.63) is 65.2 Å². The smallest absolute Gasteiger partial charge is 0.337 e. The summed E-state index contributed by atoms with van der Waals surface area (Å²) in [5.74, 6) is 0.391. The molecule has 116 valence electrons. The Morgan fingerprint density at radius 3 is 2.73 bits per heavy atom. The zero-order valence-corrected chi connectivity index (χ0v) is 13.3. The first-order chi connectivity index (χ1) is 10.3. The molecule has 0 saturated carbocycles. The first-order valence-corrected chi connectivity index (χ1v) is 6.90. The number of rotatable bonds is 2. The number of fused-ring (bicyclic) bond motifs is 1. The Balaban J connectivity index is 0.00000176. The molecule has 0 radical (unpaired) electrons. The summed E-state index contributed by atoms with van der Waals surface area (Å²) in [6, 6.07) is 15.7. The van der Waals surface area contributed by atoms with Gasteiger partial charge in [-0.25, -0.2) is 4.79 Å². The summed E-state index contributed by atoms with van der Waals surface area (Å²) >= 11 is 0. The van der Waals surface area contributed by atoms with Gasteiger partial charge in [-0.2, -0.15) is 13.5 Å². The predicted octanol–water partition coefficient (Wildman–Crippen LogP) is 2.81. The lowest BCUT2D eigenvalue weighted by Gasteiger charge is -2.15. The maximum absolute atomic E-state index is 11.6. The van der Waals surface area contributed by atoms with Crippen LogP contribution in [-0.2, 0) is 11.3 Å². The quantitative estimate of drug-likeness (QED) is 0.865. The van der Waals surface area contributed by atoms with E-state index in [0.717, 1.165) is 11.3 Å². The van der Waals surface area contributed by atoms with Crippen molar-refractivity contribution in [3.63, 3.8) is 0 Å². The van der Waals surface area contributed by atoms with E-state index in [2.05, 4.69) is 17.4 Å². The van der Waals surface area contributed by atoms with Gasteiger partial charge in [-0.1, -0.05) is 36.4 Å². The monoisotopic (exact) mass is 317 g/mol. The first kappa shape index (κ1) is 16.4. The lowest BCUT2D eigenvalue weighted by molar-refractivity contribution is 0.0600. The van der Waals surface area contributed by atoms with Gasteiger partial charge in [0, 0.05) is 12.1 Å². The van der Waals surface area contributed by atoms with Gasteiger partial charge < -0.3 is 14.8 Å². The largest absolute Gasteiger partial charge is 0.491 e. The summed E-state index contributed by atoms with van der Waals surface area (Å²) < 4.78 is 10.6. The Morgan fingerprint density at radius 2 is 2.00 bits per heavy atom. The summed E-state index contributed by atoms with van der Waals surface area (Å²) in [5.41, 5.74) is 2.74. The SMILES string of the molecule is COC(=O)c1ccc2c(c1)OC[C@H](c1ccccc1)NC2.S. The number of hydrogen-bond donors (Lipinski definition) is 1. The van der Waals surface area contributed by atoms with Crippen molar-refractivity contribution in [1.82, 2.24) is 5.32 Å². The molecule has 1 heterocycles. The Hall–Kier alpha value is -1.98. The maximum Gasteiger partial charge on any atom is 0.337 e. The van der Waals surface area contributed by atoms with E-state index in [0.29, 0.717) is 18.7 Å². The summed E-state index contributed by atoms with van der Waals surface area (Å²) in [6.07, 6.45) is 0. The Morgan fingerprint density at radius 1 is 1.23 bits per heavy atom. The van der Waals surface area contributed by atoms with Crippen LogP contribution in [0.5, 0.6) is 5.75 Å². The number of methoxy groups -OCH3 is 1. The Bertz CT molecular complexity index is 646. The minimum absolute atomic E-state index is 0. The second-order valence-electron chi connectivity index (χ2n) is 4.97. The maximum atomic E-state index is 11.6. The molecule has 1 N–H and O–H groups in total. The van der Waals surface area contributed by atoms with E-state index in [-0.39, 0.29) is 25.5 Å². The van der Waals surface area contributed by atoms with Gasteiger partial charge in [0.2, 0.25) is 0 Å². The van der Waals surface area contributed by atoms with Crippen LogP contribution in [0.3, 0.4) is 0 Å². The van der Waals surface area contributed by atoms with Crippen LogP contribution in [0.2, 0.25) is 0 Å². The standard InChI is InChI=1S/C17H17NO3.H2S/c1-20-17(19)13-7-8-14-10-18-15(11-21-16(14)9-13)12-5-3-2-4-6-12;/h2-9,15,18H,10-11H2,1H3;1H2/t15-;/m1./s1.